The molecule has 4 aromatic heterocycles. The van der Waals surface area contributed by atoms with Gasteiger partial charge in [-0.25, -0.2) is 4.98 Å². The van der Waals surface area contributed by atoms with Crippen LogP contribution >= 0.6 is 22.9 Å². The lowest BCUT2D eigenvalue weighted by Gasteiger charge is -2.35. The molecule has 1 atom stereocenters. The summed E-state index contributed by atoms with van der Waals surface area (Å²) < 4.78 is 56.7. The minimum Gasteiger partial charge on any atom is -0.479 e. The van der Waals surface area contributed by atoms with Gasteiger partial charge in [-0.2, -0.15) is 0 Å². The molecule has 0 spiro atoms. The average molecular weight is 1190 g/mol. The highest BCUT2D eigenvalue weighted by Gasteiger charge is 2.53. The van der Waals surface area contributed by atoms with E-state index >= 15 is 0 Å². The van der Waals surface area contributed by atoms with Crippen LogP contribution in [0.5, 0.6) is 17.2 Å². The molecule has 8 heterocycles. The third-order valence-corrected chi connectivity index (χ3v) is 16.8. The number of ether oxygens (including phenoxy) is 5. The van der Waals surface area contributed by atoms with Crippen molar-refractivity contribution in [2.75, 3.05) is 57.9 Å². The monoisotopic (exact) mass is 1180 g/mol. The number of hydrogen-bond donors (Lipinski definition) is 2. The Morgan fingerprint density at radius 2 is 1.65 bits per heavy atom. The van der Waals surface area contributed by atoms with Crippen molar-refractivity contribution in [3.8, 4) is 39.6 Å². The molecule has 434 valence electrons. The van der Waals surface area contributed by atoms with Crippen LogP contribution in [0.2, 0.25) is 5.02 Å². The number of carbonyl (C=O) groups is 6. The molecule has 3 fully saturated rings. The number of aryl methyl sites for hydroxylation is 1. The number of halogens is 3. The summed E-state index contributed by atoms with van der Waals surface area (Å²) in [5.74, 6) is -0.588. The molecule has 3 aromatic carbocycles. The molecule has 12 rings (SSSR count). The first kappa shape index (κ1) is 56.1. The Kier molecular flexibility index (Phi) is 15.6. The number of alkyl halides is 2. The molecule has 0 radical (unpaired) electrons. The maximum Gasteiger partial charge on any atom is 0.586 e. The van der Waals surface area contributed by atoms with E-state index in [1.165, 1.54) is 28.4 Å². The van der Waals surface area contributed by atoms with Crippen LogP contribution in [0.25, 0.3) is 32.6 Å². The van der Waals surface area contributed by atoms with Gasteiger partial charge in [0.2, 0.25) is 23.6 Å². The number of nitrogens with one attached hydrogen (secondary N) is 2. The Morgan fingerprint density at radius 1 is 0.869 bits per heavy atom. The molecule has 21 nitrogen and oxygen atoms in total. The van der Waals surface area contributed by atoms with Gasteiger partial charge in [0.15, 0.2) is 17.6 Å². The SMILES string of the molecule is Cc1ccc(NC(=O)C2(c3ccc4c(c3)OC(F)(F)O4)CC2)nc1-c1cccc(C(=O)NCCn2cc(COCCOCCC(=O)N3CCN(C(=O)C4Cc5cc(Cl)cc(-c6ccnc7cc(CN8C(=O)CCC8=O)sc67)c5O4)CC3)nn2)c1. The third-order valence-electron chi connectivity index (χ3n) is 15.4. The molecule has 2 N–H and O–H groups in total. The van der Waals surface area contributed by atoms with Crippen molar-refractivity contribution < 1.29 is 61.2 Å². The smallest absolute Gasteiger partial charge is 0.479 e. The van der Waals surface area contributed by atoms with Crippen LogP contribution in [0, 0.1) is 6.92 Å². The van der Waals surface area contributed by atoms with Crippen LogP contribution in [0.15, 0.2) is 91.3 Å². The second kappa shape index (κ2) is 23.3. The van der Waals surface area contributed by atoms with Gasteiger partial charge in [0.1, 0.15) is 17.3 Å². The zero-order valence-corrected chi connectivity index (χ0v) is 46.9. The van der Waals surface area contributed by atoms with Gasteiger partial charge in [0, 0.05) is 95.9 Å². The molecule has 1 unspecified atom stereocenters. The number of rotatable bonds is 20. The first-order valence-corrected chi connectivity index (χ1v) is 28.6. The summed E-state index contributed by atoms with van der Waals surface area (Å²) in [5, 5.41) is 14.6. The second-order valence-electron chi connectivity index (χ2n) is 21.1. The molecule has 1 saturated carbocycles. The average Bonchev–Trinajstić information content (AvgIpc) is 1.89. The molecule has 7 aromatic rings. The van der Waals surface area contributed by atoms with Crippen LogP contribution in [-0.4, -0.2) is 140 Å². The first-order valence-electron chi connectivity index (χ1n) is 27.5. The van der Waals surface area contributed by atoms with Gasteiger partial charge in [-0.3, -0.25) is 43.3 Å². The Bertz CT molecular complexity index is 3760. The number of hydrogen-bond acceptors (Lipinski definition) is 16. The van der Waals surface area contributed by atoms with Crippen LogP contribution in [0.1, 0.15) is 69.7 Å². The van der Waals surface area contributed by atoms with Gasteiger partial charge in [-0.05, 0) is 85.5 Å². The topological polar surface area (TPSA) is 239 Å². The lowest BCUT2D eigenvalue weighted by atomic mass is 9.94. The highest BCUT2D eigenvalue weighted by molar-refractivity contribution is 7.19. The third kappa shape index (κ3) is 11.9. The van der Waals surface area contributed by atoms with E-state index in [1.54, 1.807) is 57.2 Å². The second-order valence-corrected chi connectivity index (χ2v) is 22.6. The van der Waals surface area contributed by atoms with E-state index in [9.17, 15) is 37.5 Å². The number of aromatic nitrogens is 5. The highest BCUT2D eigenvalue weighted by Crippen LogP contribution is 2.52. The Labute approximate surface area is 488 Å². The maximum atomic E-state index is 13.9. The predicted octanol–water partition coefficient (Wildman–Crippen LogP) is 7.25. The normalized spacial score (nSPS) is 17.4. The lowest BCUT2D eigenvalue weighted by Crippen LogP contribution is -2.53. The Morgan fingerprint density at radius 3 is 2.46 bits per heavy atom. The van der Waals surface area contributed by atoms with E-state index in [-0.39, 0.29) is 106 Å². The molecule has 25 heteroatoms. The van der Waals surface area contributed by atoms with Gasteiger partial charge in [0.05, 0.1) is 73.5 Å². The van der Waals surface area contributed by atoms with Gasteiger partial charge < -0.3 is 44.1 Å². The number of pyridine rings is 2. The quantitative estimate of drug-likeness (QED) is 0.0565. The zero-order chi connectivity index (χ0) is 58.3. The van der Waals surface area contributed by atoms with Gasteiger partial charge in [-0.1, -0.05) is 41.1 Å². The van der Waals surface area contributed by atoms with Gasteiger partial charge in [-0.15, -0.1) is 25.2 Å². The number of thiophene rings is 1. The molecule has 4 aliphatic heterocycles. The van der Waals surface area contributed by atoms with Crippen molar-refractivity contribution in [1.29, 1.82) is 0 Å². The van der Waals surface area contributed by atoms with Crippen LogP contribution in [0.4, 0.5) is 14.6 Å². The van der Waals surface area contributed by atoms with Crippen LogP contribution in [0.3, 0.4) is 0 Å². The van der Waals surface area contributed by atoms with E-state index in [1.807, 2.05) is 43.3 Å². The number of anilines is 1. The molecule has 2 saturated heterocycles. The fourth-order valence-electron chi connectivity index (χ4n) is 10.8. The predicted molar refractivity (Wildman–Crippen MR) is 300 cm³/mol. The van der Waals surface area contributed by atoms with E-state index < -0.39 is 17.8 Å². The largest absolute Gasteiger partial charge is 0.586 e. The summed E-state index contributed by atoms with van der Waals surface area (Å²) in [4.78, 5) is 93.4. The van der Waals surface area contributed by atoms with Crippen molar-refractivity contribution in [3.05, 3.63) is 129 Å². The van der Waals surface area contributed by atoms with Crippen molar-refractivity contribution in [3.63, 3.8) is 0 Å². The molecule has 5 aliphatic rings. The summed E-state index contributed by atoms with van der Waals surface area (Å²) in [6, 6.07) is 22.3. The van der Waals surface area contributed by atoms with E-state index in [2.05, 4.69) is 35.4 Å². The first-order chi connectivity index (χ1) is 40.6. The standard InChI is InChI=1S/C59H55ClF2N10O11S/c1-34-5-8-48(66-57(78)58(13-14-58)38-6-7-45-46(28-38)83-59(61,62)82-45)65-52(34)35-3-2-4-36(25-35)55(76)64-16-17-71-31-40(67-68-71)33-80-24-23-79-22-12-49(73)69-18-20-70(21-19-69)56(77)47-27-37-26-39(60)29-43(53(37)81-47)42-11-15-63-44-30-41(84-54(42)44)32-72-50(74)9-10-51(72)75/h2-8,11,15,25-26,28-31,47H,9-10,12-14,16-24,27,32-33H2,1H3,(H,64,76)(H,65,66,78). The van der Waals surface area contributed by atoms with Crippen molar-refractivity contribution in [1.82, 2.24) is 45.0 Å². The number of fused-ring (bicyclic) bond motifs is 3. The molecule has 0 bridgehead atoms. The van der Waals surface area contributed by atoms with E-state index in [4.69, 9.17) is 30.8 Å². The number of carbonyl (C=O) groups excluding carboxylic acids is 6. The minimum atomic E-state index is -3.76. The van der Waals surface area contributed by atoms with E-state index in [0.717, 1.165) is 31.8 Å². The molecule has 6 amide bonds. The Hall–Kier alpha value is -8.45. The maximum absolute atomic E-state index is 13.9. The zero-order valence-electron chi connectivity index (χ0n) is 45.4. The van der Waals surface area contributed by atoms with Crippen LogP contribution in [-0.2, 0) is 65.0 Å². The molecular weight excluding hydrogens is 1130 g/mol. The lowest BCUT2D eigenvalue weighted by molar-refractivity contribution is -0.286. The van der Waals surface area contributed by atoms with Crippen LogP contribution < -0.4 is 24.8 Å². The van der Waals surface area contributed by atoms with E-state index in [0.29, 0.717) is 102 Å². The fraction of sp³-hybridized carbons (Fsp3) is 0.356. The number of likely N-dealkylation sites (tertiary alicyclic amines) is 1. The number of nitrogens with zero attached hydrogens (tertiary/aromatic N) is 8. The Balaban J connectivity index is 0.539. The fourth-order valence-corrected chi connectivity index (χ4v) is 12.2. The number of piperazine rings is 1. The molecular formula is C59H55ClF2N10O11S. The number of imide groups is 1. The summed E-state index contributed by atoms with van der Waals surface area (Å²) in [7, 11) is 0. The van der Waals surface area contributed by atoms with Gasteiger partial charge >= 0.3 is 6.29 Å². The van der Waals surface area contributed by atoms with Gasteiger partial charge in [0.25, 0.3) is 11.8 Å². The summed E-state index contributed by atoms with van der Waals surface area (Å²) in [6.45, 7) is 5.03. The molecule has 84 heavy (non-hydrogen) atoms. The summed E-state index contributed by atoms with van der Waals surface area (Å²) in [5.41, 5.74) is 5.72. The van der Waals surface area contributed by atoms with Crippen molar-refractivity contribution in [2.45, 2.75) is 83.0 Å². The molecule has 1 aliphatic carbocycles. The number of benzene rings is 3. The summed E-state index contributed by atoms with van der Waals surface area (Å²) in [6.07, 6.45) is 0.876. The van der Waals surface area contributed by atoms with Crippen molar-refractivity contribution >= 4 is 74.4 Å². The van der Waals surface area contributed by atoms with Crippen molar-refractivity contribution in [2.24, 2.45) is 0 Å². The minimum absolute atomic E-state index is 0.0732. The highest BCUT2D eigenvalue weighted by atomic mass is 35.5. The number of amides is 6. The summed E-state index contributed by atoms with van der Waals surface area (Å²) >= 11 is 8.10.